The summed E-state index contributed by atoms with van der Waals surface area (Å²) in [5, 5.41) is 2.63. The van der Waals surface area contributed by atoms with Crippen molar-refractivity contribution in [2.45, 2.75) is 0 Å². The molecule has 0 aliphatic heterocycles. The third-order valence-electron chi connectivity index (χ3n) is 0.300. The van der Waals surface area contributed by atoms with Gasteiger partial charge in [-0.1, -0.05) is 4.49 Å². The first-order valence-corrected chi connectivity index (χ1v) is 2.02. The van der Waals surface area contributed by atoms with E-state index in [1.165, 1.54) is 0 Å². The van der Waals surface area contributed by atoms with Crippen LogP contribution in [0.25, 0.3) is 0 Å². The van der Waals surface area contributed by atoms with Crippen molar-refractivity contribution in [3.05, 3.63) is 11.3 Å². The first-order chi connectivity index (χ1) is 2.89. The Morgan fingerprint density at radius 2 is 2.67 bits per heavy atom. The summed E-state index contributed by atoms with van der Waals surface area (Å²) in [6.07, 6.45) is 1.99. The summed E-state index contributed by atoms with van der Waals surface area (Å²) < 4.78 is 14.7. The van der Waals surface area contributed by atoms with Gasteiger partial charge >= 0.3 is 0 Å². The first kappa shape index (κ1) is 3.67. The van der Waals surface area contributed by atoms with Crippen LogP contribution in [0.5, 0.6) is 0 Å². The molecular weight excluding hydrogens is 103 g/mol. The zero-order valence-corrected chi connectivity index (χ0v) is 3.50. The Balaban J connectivity index is 3.05. The number of nitrogens with zero attached hydrogens (tertiary/aromatic N) is 2. The van der Waals surface area contributed by atoms with E-state index < -0.39 is 5.13 Å². The van der Waals surface area contributed by atoms with Crippen LogP contribution in [-0.2, 0) is 0 Å². The second-order valence-electron chi connectivity index (χ2n) is 0.658. The molecule has 0 amide bonds. The molecule has 0 fully saturated rings. The Labute approximate surface area is 37.8 Å². The number of rotatable bonds is 0. The molecule has 1 radical (unpaired) electrons. The van der Waals surface area contributed by atoms with Crippen LogP contribution in [0.1, 0.15) is 0 Å². The van der Waals surface area contributed by atoms with Crippen molar-refractivity contribution in [1.29, 1.82) is 0 Å². The molecule has 0 saturated heterocycles. The van der Waals surface area contributed by atoms with Crippen molar-refractivity contribution >= 4 is 11.5 Å². The average molecular weight is 103 g/mol. The lowest BCUT2D eigenvalue weighted by atomic mass is 11.0. The lowest BCUT2D eigenvalue weighted by molar-refractivity contribution is 0.651. The minimum Gasteiger partial charge on any atom is -0.191 e. The fourth-order valence-electron chi connectivity index (χ4n) is 0.136. The van der Waals surface area contributed by atoms with E-state index in [4.69, 9.17) is 0 Å². The largest absolute Gasteiger partial charge is 0.225 e. The zero-order valence-electron chi connectivity index (χ0n) is 2.68. The normalized spacial score (nSPS) is 8.83. The summed E-state index contributed by atoms with van der Waals surface area (Å²) in [7, 11) is 0. The van der Waals surface area contributed by atoms with Crippen LogP contribution < -0.4 is 0 Å². The molecule has 0 saturated carbocycles. The van der Waals surface area contributed by atoms with Gasteiger partial charge in [0.2, 0.25) is 5.13 Å². The molecule has 0 atom stereocenters. The number of hydrogen-bond acceptors (Lipinski definition) is 3. The molecule has 1 aromatic heterocycles. The van der Waals surface area contributed by atoms with Gasteiger partial charge < -0.3 is 0 Å². The van der Waals surface area contributed by atoms with E-state index >= 15 is 0 Å². The van der Waals surface area contributed by atoms with Gasteiger partial charge in [0.05, 0.1) is 0 Å². The molecule has 1 rings (SSSR count). The van der Waals surface area contributed by atoms with Crippen LogP contribution in [-0.4, -0.2) is 9.59 Å². The smallest absolute Gasteiger partial charge is 0.191 e. The van der Waals surface area contributed by atoms with Crippen molar-refractivity contribution in [3.63, 3.8) is 0 Å². The maximum atomic E-state index is 11.5. The highest BCUT2D eigenvalue weighted by Crippen LogP contribution is 1.93. The highest BCUT2D eigenvalue weighted by atomic mass is 32.1. The lowest BCUT2D eigenvalue weighted by Crippen LogP contribution is -1.55. The molecule has 0 aliphatic rings. The van der Waals surface area contributed by atoms with Gasteiger partial charge in [0.15, 0.2) is 6.20 Å². The maximum Gasteiger partial charge on any atom is 0.225 e. The molecule has 6 heavy (non-hydrogen) atoms. The minimum absolute atomic E-state index is 0.463. The second kappa shape index (κ2) is 1.30. The van der Waals surface area contributed by atoms with Crippen LogP contribution in [0.4, 0.5) is 4.39 Å². The maximum absolute atomic E-state index is 11.5. The number of halogens is 1. The Morgan fingerprint density at radius 3 is 2.83 bits per heavy atom. The molecule has 4 heteroatoms. The highest BCUT2D eigenvalue weighted by Gasteiger charge is 1.85. The SMILES string of the molecule is Fc1[c]nns1. The lowest BCUT2D eigenvalue weighted by Gasteiger charge is -1.53. The first-order valence-electron chi connectivity index (χ1n) is 1.25. The van der Waals surface area contributed by atoms with E-state index in [2.05, 4.69) is 9.59 Å². The topological polar surface area (TPSA) is 25.8 Å². The fourth-order valence-corrected chi connectivity index (χ4v) is 0.371. The Hall–Kier alpha value is -0.510. The van der Waals surface area contributed by atoms with E-state index in [0.29, 0.717) is 11.5 Å². The number of hydrogen-bond donors (Lipinski definition) is 0. The van der Waals surface area contributed by atoms with Gasteiger partial charge in [0.25, 0.3) is 0 Å². The third kappa shape index (κ3) is 0.514. The molecule has 0 unspecified atom stereocenters. The van der Waals surface area contributed by atoms with E-state index in [1.807, 2.05) is 6.20 Å². The van der Waals surface area contributed by atoms with Crippen LogP contribution in [0.15, 0.2) is 0 Å². The second-order valence-corrected chi connectivity index (χ2v) is 1.36. The average Bonchev–Trinajstić information content (AvgIpc) is 1.86. The standard InChI is InChI=1S/C2FN2S/c3-2-1-4-5-6-2. The van der Waals surface area contributed by atoms with Crippen molar-refractivity contribution < 1.29 is 4.39 Å². The number of aromatic nitrogens is 2. The van der Waals surface area contributed by atoms with E-state index in [0.717, 1.165) is 0 Å². The summed E-state index contributed by atoms with van der Waals surface area (Å²) in [5.41, 5.74) is 0. The zero-order chi connectivity index (χ0) is 4.41. The predicted molar refractivity (Wildman–Crippen MR) is 18.7 cm³/mol. The summed E-state index contributed by atoms with van der Waals surface area (Å²) in [6.45, 7) is 0. The Kier molecular flexibility index (Phi) is 0.795. The van der Waals surface area contributed by atoms with Gasteiger partial charge in [-0.05, 0) is 0 Å². The van der Waals surface area contributed by atoms with Crippen LogP contribution in [0.3, 0.4) is 0 Å². The van der Waals surface area contributed by atoms with E-state index in [1.54, 1.807) is 0 Å². The molecule has 0 aliphatic carbocycles. The molecule has 0 aromatic carbocycles. The minimum atomic E-state index is -0.463. The van der Waals surface area contributed by atoms with E-state index in [9.17, 15) is 4.39 Å². The van der Waals surface area contributed by atoms with Crippen molar-refractivity contribution in [3.8, 4) is 0 Å². The molecular formula is C2FN2S. The summed E-state index contributed by atoms with van der Waals surface area (Å²) >= 11 is 0.694. The quantitative estimate of drug-likeness (QED) is 0.477. The summed E-state index contributed by atoms with van der Waals surface area (Å²) in [5.74, 6) is 0. The van der Waals surface area contributed by atoms with Crippen LogP contribution >= 0.6 is 11.5 Å². The third-order valence-corrected chi connectivity index (χ3v) is 0.715. The Bertz CT molecular complexity index is 115. The van der Waals surface area contributed by atoms with E-state index in [-0.39, 0.29) is 0 Å². The molecule has 1 aromatic rings. The van der Waals surface area contributed by atoms with Crippen LogP contribution in [0.2, 0.25) is 0 Å². The van der Waals surface area contributed by atoms with Gasteiger partial charge in [-0.2, -0.15) is 4.39 Å². The van der Waals surface area contributed by atoms with Gasteiger partial charge in [0, 0.05) is 11.5 Å². The van der Waals surface area contributed by atoms with Crippen LogP contribution in [0, 0.1) is 11.3 Å². The van der Waals surface area contributed by atoms with Crippen molar-refractivity contribution in [2.24, 2.45) is 0 Å². The monoisotopic (exact) mass is 103 g/mol. The molecule has 0 spiro atoms. The summed E-state index contributed by atoms with van der Waals surface area (Å²) in [4.78, 5) is 0. The van der Waals surface area contributed by atoms with Crippen molar-refractivity contribution in [1.82, 2.24) is 9.59 Å². The van der Waals surface area contributed by atoms with Gasteiger partial charge in [-0.3, -0.25) is 0 Å². The highest BCUT2D eigenvalue weighted by molar-refractivity contribution is 7.03. The molecule has 31 valence electrons. The van der Waals surface area contributed by atoms with Crippen molar-refractivity contribution in [2.75, 3.05) is 0 Å². The molecule has 2 nitrogen and oxygen atoms in total. The van der Waals surface area contributed by atoms with Gasteiger partial charge in [-0.25, -0.2) is 0 Å². The fraction of sp³-hybridized carbons (Fsp3) is 0. The summed E-state index contributed by atoms with van der Waals surface area (Å²) in [6, 6.07) is 0. The molecule has 0 bridgehead atoms. The molecule has 0 N–H and O–H groups in total. The Morgan fingerprint density at radius 1 is 1.83 bits per heavy atom. The van der Waals surface area contributed by atoms with Gasteiger partial charge in [0.1, 0.15) is 0 Å². The molecule has 1 heterocycles. The predicted octanol–water partition coefficient (Wildman–Crippen LogP) is 0.477. The van der Waals surface area contributed by atoms with Gasteiger partial charge in [-0.15, -0.1) is 5.10 Å².